The number of nitrogens with one attached hydrogen (secondary N) is 2. The van der Waals surface area contributed by atoms with Crippen molar-refractivity contribution in [1.29, 1.82) is 0 Å². The third kappa shape index (κ3) is 4.25. The summed E-state index contributed by atoms with van der Waals surface area (Å²) in [6, 6.07) is 10.2. The van der Waals surface area contributed by atoms with Gasteiger partial charge in [-0.15, -0.1) is 0 Å². The molecule has 0 bridgehead atoms. The van der Waals surface area contributed by atoms with Crippen LogP contribution >= 0.6 is 23.2 Å². The van der Waals surface area contributed by atoms with Crippen LogP contribution in [0, 0.1) is 0 Å². The first kappa shape index (κ1) is 18.0. The first-order chi connectivity index (χ1) is 12.6. The largest absolute Gasteiger partial charge is 0.495 e. The summed E-state index contributed by atoms with van der Waals surface area (Å²) in [5.74, 6) is 0.323. The Morgan fingerprint density at radius 1 is 1.15 bits per heavy atom. The van der Waals surface area contributed by atoms with Gasteiger partial charge in [0.25, 0.3) is 0 Å². The fourth-order valence-electron chi connectivity index (χ4n) is 2.33. The molecule has 3 aromatic rings. The van der Waals surface area contributed by atoms with Gasteiger partial charge >= 0.3 is 0 Å². The lowest BCUT2D eigenvalue weighted by molar-refractivity contribution is -0.114. The van der Waals surface area contributed by atoms with Crippen LogP contribution in [0.4, 0.5) is 11.4 Å². The number of anilines is 2. The molecule has 1 aromatic heterocycles. The van der Waals surface area contributed by atoms with E-state index >= 15 is 0 Å². The number of carbonyl (C=O) groups is 1. The van der Waals surface area contributed by atoms with Gasteiger partial charge < -0.3 is 15.4 Å². The molecule has 26 heavy (non-hydrogen) atoms. The van der Waals surface area contributed by atoms with Crippen molar-refractivity contribution in [3.05, 3.63) is 59.1 Å². The minimum Gasteiger partial charge on any atom is -0.495 e. The molecule has 9 heteroatoms. The number of carbonyl (C=O) groups excluding carboxylic acids is 1. The van der Waals surface area contributed by atoms with Crippen molar-refractivity contribution in [2.75, 3.05) is 24.3 Å². The lowest BCUT2D eigenvalue weighted by Gasteiger charge is -2.13. The number of benzene rings is 2. The zero-order valence-electron chi connectivity index (χ0n) is 13.7. The maximum Gasteiger partial charge on any atom is 0.243 e. The van der Waals surface area contributed by atoms with Crippen LogP contribution < -0.4 is 15.4 Å². The molecule has 0 radical (unpaired) electrons. The Balaban J connectivity index is 1.73. The van der Waals surface area contributed by atoms with Crippen molar-refractivity contribution in [3.63, 3.8) is 0 Å². The van der Waals surface area contributed by atoms with E-state index in [1.54, 1.807) is 48.2 Å². The van der Waals surface area contributed by atoms with Crippen LogP contribution in [0.3, 0.4) is 0 Å². The first-order valence-electron chi connectivity index (χ1n) is 7.58. The fraction of sp³-hybridized carbons (Fsp3) is 0.118. The van der Waals surface area contributed by atoms with Gasteiger partial charge in [0.2, 0.25) is 5.91 Å². The van der Waals surface area contributed by atoms with Crippen molar-refractivity contribution in [2.24, 2.45) is 0 Å². The van der Waals surface area contributed by atoms with E-state index in [4.69, 9.17) is 27.9 Å². The molecular weight excluding hydrogens is 377 g/mol. The number of aromatic nitrogens is 3. The third-order valence-corrected chi connectivity index (χ3v) is 3.97. The van der Waals surface area contributed by atoms with Gasteiger partial charge in [-0.1, -0.05) is 23.2 Å². The maximum atomic E-state index is 12.4. The summed E-state index contributed by atoms with van der Waals surface area (Å²) in [7, 11) is 1.55. The summed E-state index contributed by atoms with van der Waals surface area (Å²) in [6.07, 6.45) is 2.95. The van der Waals surface area contributed by atoms with Crippen molar-refractivity contribution in [3.8, 4) is 11.4 Å². The van der Waals surface area contributed by atoms with Crippen molar-refractivity contribution >= 4 is 40.5 Å². The van der Waals surface area contributed by atoms with Gasteiger partial charge in [-0.05, 0) is 36.4 Å². The van der Waals surface area contributed by atoms with Crippen LogP contribution in [0.1, 0.15) is 0 Å². The van der Waals surface area contributed by atoms with Gasteiger partial charge in [-0.25, -0.2) is 9.67 Å². The molecule has 2 aromatic carbocycles. The van der Waals surface area contributed by atoms with Crippen LogP contribution in [0.25, 0.3) is 5.69 Å². The predicted molar refractivity (Wildman–Crippen MR) is 101 cm³/mol. The molecule has 3 rings (SSSR count). The smallest absolute Gasteiger partial charge is 0.243 e. The van der Waals surface area contributed by atoms with E-state index in [1.807, 2.05) is 0 Å². The highest BCUT2D eigenvalue weighted by molar-refractivity contribution is 6.31. The number of rotatable bonds is 6. The Bertz CT molecular complexity index is 916. The Morgan fingerprint density at radius 3 is 2.58 bits per heavy atom. The molecule has 1 heterocycles. The topological polar surface area (TPSA) is 81.1 Å². The molecule has 0 aliphatic rings. The first-order valence-corrected chi connectivity index (χ1v) is 8.34. The average Bonchev–Trinajstić information content (AvgIpc) is 3.14. The van der Waals surface area contributed by atoms with Crippen LogP contribution in [-0.4, -0.2) is 34.3 Å². The van der Waals surface area contributed by atoms with E-state index in [0.29, 0.717) is 32.9 Å². The quantitative estimate of drug-likeness (QED) is 0.670. The molecule has 0 saturated heterocycles. The zero-order valence-corrected chi connectivity index (χ0v) is 15.3. The maximum absolute atomic E-state index is 12.4. The fourth-order valence-corrected chi connectivity index (χ4v) is 2.67. The molecule has 134 valence electrons. The standard InChI is InChI=1S/C17H15Cl2N5O2/c1-26-16-5-3-12(19)7-14(16)21-8-17(25)23-13-6-11(18)2-4-15(13)24-10-20-9-22-24/h2-7,9-10,21H,8H2,1H3,(H,23,25). The number of methoxy groups -OCH3 is 1. The number of hydrogen-bond donors (Lipinski definition) is 2. The van der Waals surface area contributed by atoms with E-state index in [2.05, 4.69) is 20.7 Å². The summed E-state index contributed by atoms with van der Waals surface area (Å²) < 4.78 is 6.79. The Hall–Kier alpha value is -2.77. The number of ether oxygens (including phenoxy) is 1. The molecule has 0 unspecified atom stereocenters. The van der Waals surface area contributed by atoms with Crippen molar-refractivity contribution < 1.29 is 9.53 Å². The van der Waals surface area contributed by atoms with Gasteiger partial charge in [-0.2, -0.15) is 5.10 Å². The number of nitrogens with zero attached hydrogens (tertiary/aromatic N) is 3. The molecule has 7 nitrogen and oxygen atoms in total. The third-order valence-electron chi connectivity index (χ3n) is 3.50. The minimum absolute atomic E-state index is 0.0139. The summed E-state index contributed by atoms with van der Waals surface area (Å²) in [5, 5.41) is 10.9. The van der Waals surface area contributed by atoms with Crippen LogP contribution in [0.15, 0.2) is 49.1 Å². The second-order valence-electron chi connectivity index (χ2n) is 5.25. The summed E-state index contributed by atoms with van der Waals surface area (Å²) in [6.45, 7) is 0.0139. The van der Waals surface area contributed by atoms with Crippen LogP contribution in [0.2, 0.25) is 10.0 Å². The SMILES string of the molecule is COc1ccc(Cl)cc1NCC(=O)Nc1cc(Cl)ccc1-n1cncn1. The molecule has 0 atom stereocenters. The lowest BCUT2D eigenvalue weighted by atomic mass is 10.2. The average molecular weight is 392 g/mol. The van der Waals surface area contributed by atoms with Crippen LogP contribution in [-0.2, 0) is 4.79 Å². The lowest BCUT2D eigenvalue weighted by Crippen LogP contribution is -2.22. The molecule has 1 amide bonds. The predicted octanol–water partition coefficient (Wildman–Crippen LogP) is 3.63. The molecule has 0 aliphatic carbocycles. The number of amides is 1. The highest BCUT2D eigenvalue weighted by Crippen LogP contribution is 2.28. The molecular formula is C17H15Cl2N5O2. The van der Waals surface area contributed by atoms with E-state index in [-0.39, 0.29) is 12.5 Å². The van der Waals surface area contributed by atoms with Crippen LogP contribution in [0.5, 0.6) is 5.75 Å². The van der Waals surface area contributed by atoms with E-state index < -0.39 is 0 Å². The second kappa shape index (κ2) is 8.07. The highest BCUT2D eigenvalue weighted by Gasteiger charge is 2.11. The molecule has 0 aliphatic heterocycles. The monoisotopic (exact) mass is 391 g/mol. The number of halogens is 2. The van der Waals surface area contributed by atoms with Gasteiger partial charge in [0.05, 0.1) is 30.7 Å². The summed E-state index contributed by atoms with van der Waals surface area (Å²) in [4.78, 5) is 16.3. The van der Waals surface area contributed by atoms with Gasteiger partial charge in [0.15, 0.2) is 0 Å². The minimum atomic E-state index is -0.268. The Labute approximate surface area is 159 Å². The van der Waals surface area contributed by atoms with E-state index in [9.17, 15) is 4.79 Å². The van der Waals surface area contributed by atoms with Crippen molar-refractivity contribution in [1.82, 2.24) is 14.8 Å². The Morgan fingerprint density at radius 2 is 1.88 bits per heavy atom. The molecule has 2 N–H and O–H groups in total. The summed E-state index contributed by atoms with van der Waals surface area (Å²) in [5.41, 5.74) is 1.80. The van der Waals surface area contributed by atoms with Gasteiger partial charge in [0.1, 0.15) is 18.4 Å². The number of hydrogen-bond acceptors (Lipinski definition) is 5. The second-order valence-corrected chi connectivity index (χ2v) is 6.12. The molecule has 0 fully saturated rings. The Kier molecular flexibility index (Phi) is 5.60. The van der Waals surface area contributed by atoms with Crippen molar-refractivity contribution in [2.45, 2.75) is 0 Å². The van der Waals surface area contributed by atoms with Gasteiger partial charge in [0, 0.05) is 10.0 Å². The summed E-state index contributed by atoms with van der Waals surface area (Å²) >= 11 is 12.0. The molecule has 0 saturated carbocycles. The van der Waals surface area contributed by atoms with E-state index in [1.165, 1.54) is 12.7 Å². The normalized spacial score (nSPS) is 10.4. The van der Waals surface area contributed by atoms with E-state index in [0.717, 1.165) is 0 Å². The highest BCUT2D eigenvalue weighted by atomic mass is 35.5. The zero-order chi connectivity index (χ0) is 18.5. The van der Waals surface area contributed by atoms with Gasteiger partial charge in [-0.3, -0.25) is 4.79 Å². The molecule has 0 spiro atoms.